The van der Waals surface area contributed by atoms with E-state index in [-0.39, 0.29) is 30.4 Å². The van der Waals surface area contributed by atoms with E-state index in [1.54, 1.807) is 25.0 Å². The van der Waals surface area contributed by atoms with E-state index in [0.29, 0.717) is 5.75 Å². The van der Waals surface area contributed by atoms with Crippen LogP contribution in [0.1, 0.15) is 32.6 Å². The third-order valence-corrected chi connectivity index (χ3v) is 4.52. The van der Waals surface area contributed by atoms with E-state index < -0.39 is 0 Å². The van der Waals surface area contributed by atoms with Gasteiger partial charge in [0.25, 0.3) is 0 Å². The summed E-state index contributed by atoms with van der Waals surface area (Å²) in [6, 6.07) is 5.35. The van der Waals surface area contributed by atoms with Crippen LogP contribution in [0.25, 0.3) is 0 Å². The Labute approximate surface area is 136 Å². The van der Waals surface area contributed by atoms with Crippen molar-refractivity contribution in [2.24, 2.45) is 0 Å². The van der Waals surface area contributed by atoms with Crippen LogP contribution in [0, 0.1) is 0 Å². The number of anilines is 2. The van der Waals surface area contributed by atoms with Gasteiger partial charge in [0, 0.05) is 12.1 Å². The number of fused-ring (bicyclic) bond motifs is 1. The number of carbonyl (C=O) groups is 2. The van der Waals surface area contributed by atoms with E-state index in [0.717, 1.165) is 37.1 Å². The second kappa shape index (κ2) is 6.48. The number of methoxy groups -OCH3 is 1. The molecule has 23 heavy (non-hydrogen) atoms. The van der Waals surface area contributed by atoms with E-state index in [1.165, 1.54) is 0 Å². The van der Waals surface area contributed by atoms with Crippen molar-refractivity contribution in [1.82, 2.24) is 5.32 Å². The topological polar surface area (TPSA) is 70.7 Å². The fourth-order valence-corrected chi connectivity index (χ4v) is 3.29. The van der Waals surface area contributed by atoms with Crippen LogP contribution in [-0.4, -0.2) is 37.6 Å². The molecule has 0 radical (unpaired) electrons. The van der Waals surface area contributed by atoms with Gasteiger partial charge in [0.05, 0.1) is 18.5 Å². The molecule has 1 aliphatic carbocycles. The second-order valence-electron chi connectivity index (χ2n) is 6.22. The molecule has 1 aromatic rings. The Morgan fingerprint density at radius 2 is 2.13 bits per heavy atom. The Bertz CT molecular complexity index is 611. The number of rotatable bonds is 4. The maximum Gasteiger partial charge on any atom is 0.249 e. The van der Waals surface area contributed by atoms with Crippen LogP contribution in [0.2, 0.25) is 0 Å². The van der Waals surface area contributed by atoms with Gasteiger partial charge in [-0.2, -0.15) is 0 Å². The molecule has 0 saturated heterocycles. The van der Waals surface area contributed by atoms with Gasteiger partial charge in [0.2, 0.25) is 11.8 Å². The van der Waals surface area contributed by atoms with Crippen molar-refractivity contribution >= 4 is 23.2 Å². The molecule has 6 heteroatoms. The monoisotopic (exact) mass is 317 g/mol. The Kier molecular flexibility index (Phi) is 4.41. The summed E-state index contributed by atoms with van der Waals surface area (Å²) in [5, 5.41) is 6.19. The lowest BCUT2D eigenvalue weighted by atomic mass is 10.1. The van der Waals surface area contributed by atoms with Crippen molar-refractivity contribution in [3.8, 4) is 5.75 Å². The Balaban J connectivity index is 1.77. The predicted octanol–water partition coefficient (Wildman–Crippen LogP) is 1.90. The van der Waals surface area contributed by atoms with Gasteiger partial charge >= 0.3 is 0 Å². The molecule has 2 aliphatic rings. The van der Waals surface area contributed by atoms with E-state index in [2.05, 4.69) is 10.6 Å². The average molecular weight is 317 g/mol. The Hall–Kier alpha value is -2.24. The molecule has 1 heterocycles. The van der Waals surface area contributed by atoms with E-state index in [4.69, 9.17) is 4.74 Å². The van der Waals surface area contributed by atoms with Crippen molar-refractivity contribution in [3.05, 3.63) is 18.2 Å². The largest absolute Gasteiger partial charge is 0.497 e. The molecule has 124 valence electrons. The molecule has 1 saturated carbocycles. The molecule has 1 aromatic carbocycles. The number of hydrogen-bond donors (Lipinski definition) is 2. The molecule has 6 nitrogen and oxygen atoms in total. The lowest BCUT2D eigenvalue weighted by molar-refractivity contribution is -0.124. The summed E-state index contributed by atoms with van der Waals surface area (Å²) >= 11 is 0. The predicted molar refractivity (Wildman–Crippen MR) is 88.8 cm³/mol. The van der Waals surface area contributed by atoms with Gasteiger partial charge in [0.1, 0.15) is 18.3 Å². The van der Waals surface area contributed by atoms with Gasteiger partial charge in [0.15, 0.2) is 0 Å². The zero-order valence-electron chi connectivity index (χ0n) is 13.6. The molecule has 0 bridgehead atoms. The first-order chi connectivity index (χ1) is 11.1. The molecule has 2 amide bonds. The molecule has 1 aliphatic heterocycles. The summed E-state index contributed by atoms with van der Waals surface area (Å²) in [5.41, 5.74) is 1.53. The number of nitrogens with one attached hydrogen (secondary N) is 2. The molecule has 1 unspecified atom stereocenters. The highest BCUT2D eigenvalue weighted by Crippen LogP contribution is 2.34. The van der Waals surface area contributed by atoms with Crippen LogP contribution in [0.15, 0.2) is 18.2 Å². The molecule has 2 N–H and O–H groups in total. The van der Waals surface area contributed by atoms with Gasteiger partial charge in [-0.1, -0.05) is 12.8 Å². The van der Waals surface area contributed by atoms with Crippen molar-refractivity contribution in [2.45, 2.75) is 44.7 Å². The number of amides is 2. The van der Waals surface area contributed by atoms with Gasteiger partial charge in [-0.15, -0.1) is 0 Å². The molecular formula is C17H23N3O3. The maximum atomic E-state index is 12.5. The zero-order valence-corrected chi connectivity index (χ0v) is 13.6. The summed E-state index contributed by atoms with van der Waals surface area (Å²) in [6.07, 6.45) is 4.39. The second-order valence-corrected chi connectivity index (χ2v) is 6.22. The first-order valence-corrected chi connectivity index (χ1v) is 8.14. The quantitative estimate of drug-likeness (QED) is 0.890. The van der Waals surface area contributed by atoms with Crippen LogP contribution in [0.3, 0.4) is 0 Å². The highest BCUT2D eigenvalue weighted by Gasteiger charge is 2.31. The number of benzene rings is 1. The molecular weight excluding hydrogens is 294 g/mol. The summed E-state index contributed by atoms with van der Waals surface area (Å²) < 4.78 is 5.22. The van der Waals surface area contributed by atoms with Gasteiger partial charge in [-0.3, -0.25) is 14.5 Å². The van der Waals surface area contributed by atoms with Crippen molar-refractivity contribution in [3.63, 3.8) is 0 Å². The van der Waals surface area contributed by atoms with E-state index in [9.17, 15) is 9.59 Å². The summed E-state index contributed by atoms with van der Waals surface area (Å²) in [5.74, 6) is 0.526. The third-order valence-electron chi connectivity index (χ3n) is 4.52. The lowest BCUT2D eigenvalue weighted by Crippen LogP contribution is -2.50. The van der Waals surface area contributed by atoms with Gasteiger partial charge in [-0.05, 0) is 31.9 Å². The van der Waals surface area contributed by atoms with E-state index >= 15 is 0 Å². The van der Waals surface area contributed by atoms with Crippen molar-refractivity contribution < 1.29 is 14.3 Å². The first kappa shape index (κ1) is 15.6. The van der Waals surface area contributed by atoms with Crippen LogP contribution in [0.5, 0.6) is 5.75 Å². The zero-order chi connectivity index (χ0) is 16.4. The van der Waals surface area contributed by atoms with Crippen LogP contribution in [0.4, 0.5) is 11.4 Å². The first-order valence-electron chi connectivity index (χ1n) is 8.14. The van der Waals surface area contributed by atoms with Crippen LogP contribution < -0.4 is 20.3 Å². The minimum atomic E-state index is -0.367. The molecule has 0 spiro atoms. The fourth-order valence-electron chi connectivity index (χ4n) is 3.29. The number of nitrogens with zero attached hydrogens (tertiary/aromatic N) is 1. The smallest absolute Gasteiger partial charge is 0.249 e. The normalized spacial score (nSPS) is 20.9. The molecule has 1 atom stereocenters. The standard InChI is InChI=1S/C17H23N3O3/c1-11-17(22)20(10-16(21)19-12-5-3-4-6-12)15-8-7-13(23-2)9-14(15)18-11/h7-9,11-12,18H,3-6,10H2,1-2H3,(H,19,21). The summed E-state index contributed by atoms with van der Waals surface area (Å²) in [6.45, 7) is 1.85. The highest BCUT2D eigenvalue weighted by molar-refractivity contribution is 6.07. The van der Waals surface area contributed by atoms with Gasteiger partial charge < -0.3 is 15.4 Å². The SMILES string of the molecule is COc1ccc2c(c1)NC(C)C(=O)N2CC(=O)NC1CCCC1. The van der Waals surface area contributed by atoms with Crippen molar-refractivity contribution in [1.29, 1.82) is 0 Å². The van der Waals surface area contributed by atoms with Crippen LogP contribution in [-0.2, 0) is 9.59 Å². The lowest BCUT2D eigenvalue weighted by Gasteiger charge is -2.34. The highest BCUT2D eigenvalue weighted by atomic mass is 16.5. The number of ether oxygens (including phenoxy) is 1. The third kappa shape index (κ3) is 3.25. The average Bonchev–Trinajstić information content (AvgIpc) is 3.04. The Morgan fingerprint density at radius 1 is 1.39 bits per heavy atom. The maximum absolute atomic E-state index is 12.5. The minimum Gasteiger partial charge on any atom is -0.497 e. The molecule has 3 rings (SSSR count). The summed E-state index contributed by atoms with van der Waals surface area (Å²) in [7, 11) is 1.60. The number of carbonyl (C=O) groups excluding carboxylic acids is 2. The van der Waals surface area contributed by atoms with E-state index in [1.807, 2.05) is 12.1 Å². The fraction of sp³-hybridized carbons (Fsp3) is 0.529. The van der Waals surface area contributed by atoms with Gasteiger partial charge in [-0.25, -0.2) is 0 Å². The Morgan fingerprint density at radius 3 is 2.83 bits per heavy atom. The molecule has 1 fully saturated rings. The molecule has 0 aromatic heterocycles. The summed E-state index contributed by atoms with van der Waals surface area (Å²) in [4.78, 5) is 26.3. The van der Waals surface area contributed by atoms with Crippen LogP contribution >= 0.6 is 0 Å². The van der Waals surface area contributed by atoms with Crippen molar-refractivity contribution in [2.75, 3.05) is 23.9 Å². The number of hydrogen-bond acceptors (Lipinski definition) is 4. The minimum absolute atomic E-state index is 0.0562.